The number of hydrogen-bond donors (Lipinski definition) is 1. The van der Waals surface area contributed by atoms with Gasteiger partial charge in [0, 0.05) is 5.92 Å². The molecule has 0 aromatic rings. The van der Waals surface area contributed by atoms with E-state index in [1.165, 1.54) is 0 Å². The minimum atomic E-state index is 0.00694. The highest BCUT2D eigenvalue weighted by molar-refractivity contribution is 5.77. The van der Waals surface area contributed by atoms with Crippen LogP contribution in [0.4, 0.5) is 0 Å². The second-order valence-corrected chi connectivity index (χ2v) is 2.36. The average molecular weight is 129 g/mol. The van der Waals surface area contributed by atoms with Gasteiger partial charge in [-0.3, -0.25) is 9.63 Å². The zero-order valence-electron chi connectivity index (χ0n) is 5.52. The van der Waals surface area contributed by atoms with Crippen molar-refractivity contribution in [1.29, 1.82) is 0 Å². The molecule has 0 bridgehead atoms. The molecule has 3 nitrogen and oxygen atoms in total. The second-order valence-electron chi connectivity index (χ2n) is 2.36. The lowest BCUT2D eigenvalue weighted by Gasteiger charge is -2.02. The molecule has 1 heterocycles. The summed E-state index contributed by atoms with van der Waals surface area (Å²) >= 11 is 0. The normalized spacial score (nSPS) is 29.0. The molecule has 0 aliphatic carbocycles. The molecule has 1 aliphatic rings. The highest BCUT2D eigenvalue weighted by Crippen LogP contribution is 2.07. The van der Waals surface area contributed by atoms with Gasteiger partial charge in [-0.1, -0.05) is 6.92 Å². The molecule has 1 saturated heterocycles. The summed E-state index contributed by atoms with van der Waals surface area (Å²) in [6.07, 6.45) is 1.91. The monoisotopic (exact) mass is 129 g/mol. The molecule has 1 rings (SSSR count). The van der Waals surface area contributed by atoms with Gasteiger partial charge < -0.3 is 0 Å². The molecule has 1 aliphatic heterocycles. The molecule has 1 fully saturated rings. The van der Waals surface area contributed by atoms with Gasteiger partial charge in [-0.05, 0) is 12.8 Å². The van der Waals surface area contributed by atoms with Gasteiger partial charge in [-0.15, -0.1) is 0 Å². The molecule has 0 aromatic carbocycles. The maximum atomic E-state index is 10.8. The van der Waals surface area contributed by atoms with E-state index >= 15 is 0 Å². The van der Waals surface area contributed by atoms with Crippen molar-refractivity contribution in [3.8, 4) is 0 Å². The minimum absolute atomic E-state index is 0.00694. The van der Waals surface area contributed by atoms with Gasteiger partial charge in [0.25, 0.3) is 0 Å². The first-order valence-electron chi connectivity index (χ1n) is 3.22. The zero-order valence-corrected chi connectivity index (χ0v) is 5.52. The van der Waals surface area contributed by atoms with Crippen LogP contribution >= 0.6 is 0 Å². The molecule has 1 amide bonds. The van der Waals surface area contributed by atoms with E-state index in [1.54, 1.807) is 0 Å². The van der Waals surface area contributed by atoms with Crippen LogP contribution in [-0.2, 0) is 9.63 Å². The molecule has 52 valence electrons. The molecule has 1 atom stereocenters. The molecule has 0 aromatic heterocycles. The Kier molecular flexibility index (Phi) is 2.05. The third kappa shape index (κ3) is 1.68. The van der Waals surface area contributed by atoms with Gasteiger partial charge in [0.1, 0.15) is 0 Å². The van der Waals surface area contributed by atoms with Crippen LogP contribution in [0.15, 0.2) is 0 Å². The Morgan fingerprint density at radius 1 is 1.78 bits per heavy atom. The number of hydrogen-bond acceptors (Lipinski definition) is 2. The summed E-state index contributed by atoms with van der Waals surface area (Å²) in [6.45, 7) is 2.56. The molecular weight excluding hydrogens is 118 g/mol. The van der Waals surface area contributed by atoms with E-state index in [9.17, 15) is 4.79 Å². The molecule has 1 unspecified atom stereocenters. The molecule has 3 heteroatoms. The van der Waals surface area contributed by atoms with Gasteiger partial charge in [-0.25, -0.2) is 5.48 Å². The SMILES string of the molecule is CC1CCCONC1=O. The Labute approximate surface area is 54.3 Å². The highest BCUT2D eigenvalue weighted by atomic mass is 16.6. The number of nitrogens with one attached hydrogen (secondary N) is 1. The smallest absolute Gasteiger partial charge is 0.246 e. The third-order valence-electron chi connectivity index (χ3n) is 1.50. The number of hydroxylamine groups is 1. The van der Waals surface area contributed by atoms with E-state index in [2.05, 4.69) is 5.48 Å². The summed E-state index contributed by atoms with van der Waals surface area (Å²) < 4.78 is 0. The molecule has 0 radical (unpaired) electrons. The van der Waals surface area contributed by atoms with Crippen molar-refractivity contribution in [2.45, 2.75) is 19.8 Å². The van der Waals surface area contributed by atoms with Crippen LogP contribution in [-0.4, -0.2) is 12.5 Å². The highest BCUT2D eigenvalue weighted by Gasteiger charge is 2.14. The van der Waals surface area contributed by atoms with Crippen LogP contribution in [0, 0.1) is 5.92 Å². The van der Waals surface area contributed by atoms with Gasteiger partial charge in [0.05, 0.1) is 6.61 Å². The first kappa shape index (κ1) is 6.55. The molecule has 1 N–H and O–H groups in total. The van der Waals surface area contributed by atoms with Crippen LogP contribution in [0.5, 0.6) is 0 Å². The first-order valence-corrected chi connectivity index (χ1v) is 3.22. The number of carbonyl (C=O) groups is 1. The van der Waals surface area contributed by atoms with Gasteiger partial charge in [0.2, 0.25) is 5.91 Å². The van der Waals surface area contributed by atoms with Crippen molar-refractivity contribution in [2.75, 3.05) is 6.61 Å². The molecule has 0 spiro atoms. The van der Waals surface area contributed by atoms with E-state index in [0.29, 0.717) is 6.61 Å². The van der Waals surface area contributed by atoms with E-state index in [0.717, 1.165) is 12.8 Å². The molecule has 0 saturated carbocycles. The summed E-state index contributed by atoms with van der Waals surface area (Å²) in [4.78, 5) is 15.6. The number of carbonyl (C=O) groups excluding carboxylic acids is 1. The van der Waals surface area contributed by atoms with Crippen molar-refractivity contribution in [3.63, 3.8) is 0 Å². The Morgan fingerprint density at radius 3 is 3.33 bits per heavy atom. The van der Waals surface area contributed by atoms with Crippen LogP contribution in [0.3, 0.4) is 0 Å². The van der Waals surface area contributed by atoms with Crippen LogP contribution < -0.4 is 5.48 Å². The second kappa shape index (κ2) is 2.82. The number of amides is 1. The fourth-order valence-corrected chi connectivity index (χ4v) is 0.816. The Balaban J connectivity index is 2.41. The summed E-state index contributed by atoms with van der Waals surface area (Å²) in [6, 6.07) is 0. The molecular formula is C6H11NO2. The lowest BCUT2D eigenvalue weighted by molar-refractivity contribution is -0.134. The Morgan fingerprint density at radius 2 is 2.56 bits per heavy atom. The summed E-state index contributed by atoms with van der Waals surface area (Å²) in [7, 11) is 0. The Bertz CT molecular complexity index is 114. The maximum absolute atomic E-state index is 10.8. The van der Waals surface area contributed by atoms with Crippen LogP contribution in [0.1, 0.15) is 19.8 Å². The maximum Gasteiger partial charge on any atom is 0.246 e. The third-order valence-corrected chi connectivity index (χ3v) is 1.50. The predicted octanol–water partition coefficient (Wildman–Crippen LogP) is 0.464. The van der Waals surface area contributed by atoms with Crippen LogP contribution in [0.25, 0.3) is 0 Å². The van der Waals surface area contributed by atoms with E-state index in [4.69, 9.17) is 4.84 Å². The fourth-order valence-electron chi connectivity index (χ4n) is 0.816. The van der Waals surface area contributed by atoms with E-state index in [1.807, 2.05) is 6.92 Å². The van der Waals surface area contributed by atoms with E-state index in [-0.39, 0.29) is 11.8 Å². The zero-order chi connectivity index (χ0) is 6.69. The standard InChI is InChI=1S/C6H11NO2/c1-5-3-2-4-9-7-6(5)8/h5H,2-4H2,1H3,(H,7,8). The molecule has 9 heavy (non-hydrogen) atoms. The van der Waals surface area contributed by atoms with E-state index < -0.39 is 0 Å². The van der Waals surface area contributed by atoms with Crippen molar-refractivity contribution in [1.82, 2.24) is 5.48 Å². The van der Waals surface area contributed by atoms with Crippen molar-refractivity contribution < 1.29 is 9.63 Å². The van der Waals surface area contributed by atoms with Crippen LogP contribution in [0.2, 0.25) is 0 Å². The van der Waals surface area contributed by atoms with Gasteiger partial charge in [0.15, 0.2) is 0 Å². The lowest BCUT2D eigenvalue weighted by Crippen LogP contribution is -2.26. The number of rotatable bonds is 0. The summed E-state index contributed by atoms with van der Waals surface area (Å²) in [5, 5.41) is 0. The van der Waals surface area contributed by atoms with Gasteiger partial charge >= 0.3 is 0 Å². The van der Waals surface area contributed by atoms with Crippen molar-refractivity contribution in [3.05, 3.63) is 0 Å². The summed E-state index contributed by atoms with van der Waals surface area (Å²) in [5.74, 6) is 0.125. The Hall–Kier alpha value is -0.570. The van der Waals surface area contributed by atoms with Crippen molar-refractivity contribution in [2.24, 2.45) is 5.92 Å². The largest absolute Gasteiger partial charge is 0.274 e. The first-order chi connectivity index (χ1) is 4.30. The summed E-state index contributed by atoms with van der Waals surface area (Å²) in [5.41, 5.74) is 2.36. The quantitative estimate of drug-likeness (QED) is 0.516. The van der Waals surface area contributed by atoms with Gasteiger partial charge in [-0.2, -0.15) is 0 Å². The average Bonchev–Trinajstić information content (AvgIpc) is 1.99. The minimum Gasteiger partial charge on any atom is -0.274 e. The van der Waals surface area contributed by atoms with Crippen molar-refractivity contribution >= 4 is 5.91 Å². The fraction of sp³-hybridized carbons (Fsp3) is 0.833. The lowest BCUT2D eigenvalue weighted by atomic mass is 10.1. The predicted molar refractivity (Wildman–Crippen MR) is 32.5 cm³/mol. The topological polar surface area (TPSA) is 38.3 Å².